The zero-order valence-electron chi connectivity index (χ0n) is 16.8. The molecule has 0 spiro atoms. The highest BCUT2D eigenvalue weighted by Crippen LogP contribution is 2.41. The molecule has 0 saturated carbocycles. The second-order valence-electron chi connectivity index (χ2n) is 7.69. The van der Waals surface area contributed by atoms with E-state index in [1.54, 1.807) is 17.5 Å². The third kappa shape index (κ3) is 3.18. The molecule has 2 aliphatic heterocycles. The Bertz CT molecular complexity index is 1190. The van der Waals surface area contributed by atoms with E-state index in [-0.39, 0.29) is 6.10 Å². The number of ether oxygens (including phenoxy) is 2. The second kappa shape index (κ2) is 7.49. The van der Waals surface area contributed by atoms with Gasteiger partial charge in [-0.2, -0.15) is 0 Å². The van der Waals surface area contributed by atoms with E-state index in [4.69, 9.17) is 9.47 Å². The summed E-state index contributed by atoms with van der Waals surface area (Å²) in [6.45, 7) is 2.74. The van der Waals surface area contributed by atoms with Crippen LogP contribution in [0.25, 0.3) is 10.8 Å². The van der Waals surface area contributed by atoms with Gasteiger partial charge < -0.3 is 9.47 Å². The summed E-state index contributed by atoms with van der Waals surface area (Å²) in [6, 6.07) is 18.9. The van der Waals surface area contributed by atoms with E-state index in [0.717, 1.165) is 47.5 Å². The minimum absolute atomic E-state index is 0.0668. The topological polar surface area (TPSA) is 59.1 Å². The van der Waals surface area contributed by atoms with E-state index in [0.29, 0.717) is 18.0 Å². The Morgan fingerprint density at radius 1 is 0.967 bits per heavy atom. The maximum Gasteiger partial charge on any atom is 0.265 e. The molecule has 2 heterocycles. The largest absolute Gasteiger partial charge is 0.493 e. The average Bonchev–Trinajstić information content (AvgIpc) is 3.29. The normalized spacial score (nSPS) is 20.0. The number of sulfonamides is 1. The number of rotatable bonds is 6. The minimum Gasteiger partial charge on any atom is -0.493 e. The molecule has 7 heteroatoms. The third-order valence-corrected chi connectivity index (χ3v) is 7.75. The van der Waals surface area contributed by atoms with Crippen LogP contribution in [0.1, 0.15) is 6.42 Å². The molecular weight excluding hydrogens is 400 g/mol. The molecule has 3 aromatic rings. The van der Waals surface area contributed by atoms with Gasteiger partial charge in [-0.1, -0.05) is 36.4 Å². The molecule has 1 saturated heterocycles. The fraction of sp³-hybridized carbons (Fsp3) is 0.304. The molecule has 0 aliphatic carbocycles. The van der Waals surface area contributed by atoms with Gasteiger partial charge in [-0.05, 0) is 36.1 Å². The highest BCUT2D eigenvalue weighted by molar-refractivity contribution is 7.93. The fourth-order valence-electron chi connectivity index (χ4n) is 4.42. The van der Waals surface area contributed by atoms with Crippen molar-refractivity contribution in [1.82, 2.24) is 4.90 Å². The standard InChI is InChI=1S/C23H24N2O4S/c1-28-20-9-2-3-10-21(20)29-18-12-13-24(16-18)14-15-25-19-8-4-6-17-7-5-11-22(23(17)19)30(25,26)27/h2-11,18H,12-16H2,1H3. The zero-order valence-corrected chi connectivity index (χ0v) is 17.6. The number of para-hydroxylation sites is 2. The van der Waals surface area contributed by atoms with Gasteiger partial charge in [-0.25, -0.2) is 8.42 Å². The van der Waals surface area contributed by atoms with Gasteiger partial charge in [0, 0.05) is 31.6 Å². The lowest BCUT2D eigenvalue weighted by molar-refractivity contribution is 0.194. The molecule has 30 heavy (non-hydrogen) atoms. The molecule has 156 valence electrons. The number of anilines is 1. The monoisotopic (exact) mass is 424 g/mol. The lowest BCUT2D eigenvalue weighted by Gasteiger charge is -2.23. The van der Waals surface area contributed by atoms with Gasteiger partial charge in [0.15, 0.2) is 11.5 Å². The summed E-state index contributed by atoms with van der Waals surface area (Å²) in [7, 11) is -1.87. The fourth-order valence-corrected chi connectivity index (χ4v) is 6.12. The Morgan fingerprint density at radius 3 is 2.53 bits per heavy atom. The lowest BCUT2D eigenvalue weighted by Crippen LogP contribution is -2.36. The van der Waals surface area contributed by atoms with Gasteiger partial charge in [0.05, 0.1) is 17.7 Å². The van der Waals surface area contributed by atoms with Crippen molar-refractivity contribution in [2.24, 2.45) is 0 Å². The minimum atomic E-state index is -3.50. The first-order valence-corrected chi connectivity index (χ1v) is 11.6. The summed E-state index contributed by atoms with van der Waals surface area (Å²) in [5.41, 5.74) is 0.782. The Morgan fingerprint density at radius 2 is 1.73 bits per heavy atom. The average molecular weight is 425 g/mol. The molecule has 0 amide bonds. The first kappa shape index (κ1) is 19.2. The van der Waals surface area contributed by atoms with Gasteiger partial charge in [0.1, 0.15) is 6.10 Å². The highest BCUT2D eigenvalue weighted by atomic mass is 32.2. The molecule has 0 bridgehead atoms. The summed E-state index contributed by atoms with van der Waals surface area (Å²) in [5.74, 6) is 1.47. The Hall–Kier alpha value is -2.77. The predicted octanol–water partition coefficient (Wildman–Crippen LogP) is 3.51. The molecule has 3 aromatic carbocycles. The number of methoxy groups -OCH3 is 1. The van der Waals surface area contributed by atoms with Gasteiger partial charge in [-0.15, -0.1) is 0 Å². The van der Waals surface area contributed by atoms with Crippen molar-refractivity contribution in [2.75, 3.05) is 37.6 Å². The maximum atomic E-state index is 13.1. The number of nitrogens with zero attached hydrogens (tertiary/aromatic N) is 2. The quantitative estimate of drug-likeness (QED) is 0.606. The summed E-state index contributed by atoms with van der Waals surface area (Å²) in [6.07, 6.45) is 0.970. The summed E-state index contributed by atoms with van der Waals surface area (Å²) in [4.78, 5) is 2.67. The first-order chi connectivity index (χ1) is 14.6. The molecule has 0 aromatic heterocycles. The number of hydrogen-bond donors (Lipinski definition) is 0. The van der Waals surface area contributed by atoms with E-state index in [1.807, 2.05) is 54.6 Å². The number of benzene rings is 3. The van der Waals surface area contributed by atoms with Crippen molar-refractivity contribution in [1.29, 1.82) is 0 Å². The van der Waals surface area contributed by atoms with Crippen LogP contribution < -0.4 is 13.8 Å². The van der Waals surface area contributed by atoms with Crippen LogP contribution in [0.5, 0.6) is 11.5 Å². The van der Waals surface area contributed by atoms with Crippen LogP contribution in [0.2, 0.25) is 0 Å². The highest BCUT2D eigenvalue weighted by Gasteiger charge is 2.36. The van der Waals surface area contributed by atoms with E-state index < -0.39 is 10.0 Å². The molecule has 1 atom stereocenters. The molecule has 6 nitrogen and oxygen atoms in total. The van der Waals surface area contributed by atoms with Crippen molar-refractivity contribution in [2.45, 2.75) is 17.4 Å². The number of hydrogen-bond acceptors (Lipinski definition) is 5. The third-order valence-electron chi connectivity index (χ3n) is 5.89. The lowest BCUT2D eigenvalue weighted by atomic mass is 10.1. The maximum absolute atomic E-state index is 13.1. The SMILES string of the molecule is COc1ccccc1OC1CCN(CCN2c3cccc4cccc(c34)S2(=O)=O)C1. The van der Waals surface area contributed by atoms with Gasteiger partial charge >= 0.3 is 0 Å². The van der Waals surface area contributed by atoms with Crippen LogP contribution in [0.4, 0.5) is 5.69 Å². The van der Waals surface area contributed by atoms with Crippen molar-refractivity contribution >= 4 is 26.5 Å². The predicted molar refractivity (Wildman–Crippen MR) is 117 cm³/mol. The first-order valence-electron chi connectivity index (χ1n) is 10.1. The molecule has 5 rings (SSSR count). The van der Waals surface area contributed by atoms with Crippen molar-refractivity contribution in [3.05, 3.63) is 60.7 Å². The van der Waals surface area contributed by atoms with E-state index in [9.17, 15) is 8.42 Å². The molecule has 0 N–H and O–H groups in total. The molecule has 2 aliphatic rings. The second-order valence-corrected chi connectivity index (χ2v) is 9.52. The summed E-state index contributed by atoms with van der Waals surface area (Å²) in [5, 5.41) is 1.79. The van der Waals surface area contributed by atoms with Crippen LogP contribution in [0, 0.1) is 0 Å². The van der Waals surface area contributed by atoms with Gasteiger partial charge in [-0.3, -0.25) is 9.21 Å². The van der Waals surface area contributed by atoms with Crippen LogP contribution >= 0.6 is 0 Å². The number of likely N-dealkylation sites (tertiary alicyclic amines) is 1. The Labute approximate surface area is 176 Å². The Balaban J connectivity index is 1.27. The van der Waals surface area contributed by atoms with Crippen LogP contribution in [0.15, 0.2) is 65.6 Å². The van der Waals surface area contributed by atoms with Crippen LogP contribution in [-0.2, 0) is 10.0 Å². The van der Waals surface area contributed by atoms with Crippen LogP contribution in [0.3, 0.4) is 0 Å². The summed E-state index contributed by atoms with van der Waals surface area (Å²) < 4.78 is 39.3. The summed E-state index contributed by atoms with van der Waals surface area (Å²) >= 11 is 0. The smallest absolute Gasteiger partial charge is 0.265 e. The van der Waals surface area contributed by atoms with Crippen molar-refractivity contribution in [3.63, 3.8) is 0 Å². The van der Waals surface area contributed by atoms with Crippen molar-refractivity contribution in [3.8, 4) is 11.5 Å². The molecule has 1 fully saturated rings. The van der Waals surface area contributed by atoms with E-state index in [1.165, 1.54) is 0 Å². The van der Waals surface area contributed by atoms with E-state index in [2.05, 4.69) is 4.90 Å². The molecule has 0 radical (unpaired) electrons. The Kier molecular flexibility index (Phi) is 4.79. The molecule has 1 unspecified atom stereocenters. The van der Waals surface area contributed by atoms with Gasteiger partial charge in [0.2, 0.25) is 0 Å². The van der Waals surface area contributed by atoms with Gasteiger partial charge in [0.25, 0.3) is 10.0 Å². The molecular formula is C23H24N2O4S. The van der Waals surface area contributed by atoms with E-state index >= 15 is 0 Å². The van der Waals surface area contributed by atoms with Crippen LogP contribution in [-0.4, -0.2) is 52.7 Å². The zero-order chi connectivity index (χ0) is 20.7. The van der Waals surface area contributed by atoms with Crippen molar-refractivity contribution < 1.29 is 17.9 Å².